The molecule has 1 fully saturated rings. The van der Waals surface area contributed by atoms with Crippen molar-refractivity contribution in [2.75, 3.05) is 0 Å². The van der Waals surface area contributed by atoms with E-state index >= 15 is 0 Å². The van der Waals surface area contributed by atoms with Gasteiger partial charge < -0.3 is 10.4 Å². The maximum absolute atomic E-state index is 12.0. The number of pyridine rings is 1. The number of aromatic carboxylic acids is 1. The van der Waals surface area contributed by atoms with E-state index in [0.29, 0.717) is 11.1 Å². The summed E-state index contributed by atoms with van der Waals surface area (Å²) in [5, 5.41) is 12.2. The Morgan fingerprint density at radius 2 is 2.15 bits per heavy atom. The zero-order valence-electron chi connectivity index (χ0n) is 11.3. The van der Waals surface area contributed by atoms with Crippen molar-refractivity contribution >= 4 is 23.6 Å². The maximum Gasteiger partial charge on any atom is 0.335 e. The second kappa shape index (κ2) is 6.74. The van der Waals surface area contributed by atoms with Crippen LogP contribution in [0.1, 0.15) is 43.0 Å². The minimum atomic E-state index is -0.989. The lowest BCUT2D eigenvalue weighted by Crippen LogP contribution is -2.37. The molecule has 1 heterocycles. The number of carboxylic acids is 1. The molecule has 1 atom stereocenters. The number of carboxylic acid groups (broad SMARTS) is 1. The summed E-state index contributed by atoms with van der Waals surface area (Å²) in [5.74, 6) is -0.998. The Bertz CT molecular complexity index is 501. The molecule has 5 nitrogen and oxygen atoms in total. The smallest absolute Gasteiger partial charge is 0.335 e. The van der Waals surface area contributed by atoms with Gasteiger partial charge in [0.1, 0.15) is 0 Å². The van der Waals surface area contributed by atoms with E-state index in [2.05, 4.69) is 10.3 Å². The molecule has 2 rings (SSSR count). The van der Waals surface area contributed by atoms with Crippen LogP contribution in [-0.2, 0) is 4.79 Å². The van der Waals surface area contributed by atoms with Crippen LogP contribution in [0.3, 0.4) is 0 Å². The van der Waals surface area contributed by atoms with Crippen molar-refractivity contribution in [3.8, 4) is 0 Å². The number of amides is 1. The van der Waals surface area contributed by atoms with Gasteiger partial charge in [0.2, 0.25) is 5.91 Å². The van der Waals surface area contributed by atoms with Crippen LogP contribution >= 0.6 is 11.8 Å². The summed E-state index contributed by atoms with van der Waals surface area (Å²) in [6, 6.07) is 3.23. The van der Waals surface area contributed by atoms with Crippen molar-refractivity contribution in [2.24, 2.45) is 0 Å². The summed E-state index contributed by atoms with van der Waals surface area (Å²) in [5.41, 5.74) is 0.186. The van der Waals surface area contributed by atoms with E-state index in [1.54, 1.807) is 0 Å². The zero-order valence-corrected chi connectivity index (χ0v) is 12.2. The fraction of sp³-hybridized carbons (Fsp3) is 0.500. The molecule has 6 heteroatoms. The molecule has 0 spiro atoms. The molecule has 0 radical (unpaired) electrons. The highest BCUT2D eigenvalue weighted by Crippen LogP contribution is 2.23. The molecule has 0 aromatic carbocycles. The molecular formula is C14H18N2O3S. The predicted octanol–water partition coefficient (Wildman–Crippen LogP) is 2.32. The standard InChI is InChI=1S/C14H18N2O3S/c1-9(13(17)16-11-4-2-3-5-11)20-12-8-10(14(18)19)6-7-15-12/h6-9,11H,2-5H2,1H3,(H,16,17)(H,18,19). The van der Waals surface area contributed by atoms with Crippen LogP contribution in [0.2, 0.25) is 0 Å². The fourth-order valence-corrected chi connectivity index (χ4v) is 3.08. The summed E-state index contributed by atoms with van der Waals surface area (Å²) in [6.07, 6.45) is 5.91. The third kappa shape index (κ3) is 3.96. The minimum Gasteiger partial charge on any atom is -0.478 e. The number of nitrogens with zero attached hydrogens (tertiary/aromatic N) is 1. The number of hydrogen-bond donors (Lipinski definition) is 2. The van der Waals surface area contributed by atoms with Crippen molar-refractivity contribution < 1.29 is 14.7 Å². The quantitative estimate of drug-likeness (QED) is 0.815. The van der Waals surface area contributed by atoms with E-state index in [1.165, 1.54) is 42.9 Å². The highest BCUT2D eigenvalue weighted by Gasteiger charge is 2.21. The normalized spacial score (nSPS) is 16.9. The Morgan fingerprint density at radius 1 is 1.45 bits per heavy atom. The second-order valence-electron chi connectivity index (χ2n) is 4.94. The molecule has 1 aromatic heterocycles. The van der Waals surface area contributed by atoms with E-state index in [-0.39, 0.29) is 16.7 Å². The van der Waals surface area contributed by atoms with Gasteiger partial charge in [0.25, 0.3) is 0 Å². The van der Waals surface area contributed by atoms with Crippen LogP contribution in [0.25, 0.3) is 0 Å². The van der Waals surface area contributed by atoms with Gasteiger partial charge in [-0.15, -0.1) is 0 Å². The fourth-order valence-electron chi connectivity index (χ4n) is 2.23. The van der Waals surface area contributed by atoms with Crippen LogP contribution in [0, 0.1) is 0 Å². The Morgan fingerprint density at radius 3 is 2.80 bits per heavy atom. The Hall–Kier alpha value is -1.56. The van der Waals surface area contributed by atoms with Gasteiger partial charge >= 0.3 is 5.97 Å². The molecule has 108 valence electrons. The van der Waals surface area contributed by atoms with Gasteiger partial charge in [-0.3, -0.25) is 4.79 Å². The summed E-state index contributed by atoms with van der Waals surface area (Å²) < 4.78 is 0. The number of thioether (sulfide) groups is 1. The summed E-state index contributed by atoms with van der Waals surface area (Å²) in [4.78, 5) is 27.0. The average Bonchev–Trinajstić information content (AvgIpc) is 2.91. The summed E-state index contributed by atoms with van der Waals surface area (Å²) >= 11 is 1.28. The summed E-state index contributed by atoms with van der Waals surface area (Å²) in [7, 11) is 0. The first-order valence-electron chi connectivity index (χ1n) is 6.72. The molecule has 0 bridgehead atoms. The van der Waals surface area contributed by atoms with Gasteiger partial charge in [0, 0.05) is 12.2 Å². The van der Waals surface area contributed by atoms with Gasteiger partial charge in [-0.1, -0.05) is 24.6 Å². The predicted molar refractivity (Wildman–Crippen MR) is 76.9 cm³/mol. The Balaban J connectivity index is 1.92. The Kier molecular flexibility index (Phi) is 5.00. The second-order valence-corrected chi connectivity index (χ2v) is 6.30. The lowest BCUT2D eigenvalue weighted by Gasteiger charge is -2.16. The highest BCUT2D eigenvalue weighted by molar-refractivity contribution is 8.00. The first-order chi connectivity index (χ1) is 9.56. The van der Waals surface area contributed by atoms with Crippen molar-refractivity contribution in [3.63, 3.8) is 0 Å². The maximum atomic E-state index is 12.0. The van der Waals surface area contributed by atoms with Gasteiger partial charge in [-0.25, -0.2) is 9.78 Å². The summed E-state index contributed by atoms with van der Waals surface area (Å²) in [6.45, 7) is 1.81. The molecule has 2 N–H and O–H groups in total. The number of rotatable bonds is 5. The monoisotopic (exact) mass is 294 g/mol. The highest BCUT2D eigenvalue weighted by atomic mass is 32.2. The first-order valence-corrected chi connectivity index (χ1v) is 7.60. The lowest BCUT2D eigenvalue weighted by atomic mass is 10.2. The Labute approximate surface area is 122 Å². The van der Waals surface area contributed by atoms with E-state index < -0.39 is 5.97 Å². The molecule has 20 heavy (non-hydrogen) atoms. The number of nitrogens with one attached hydrogen (secondary N) is 1. The number of carbonyl (C=O) groups excluding carboxylic acids is 1. The number of hydrogen-bond acceptors (Lipinski definition) is 4. The molecule has 0 saturated heterocycles. The SMILES string of the molecule is CC(Sc1cc(C(=O)O)ccn1)C(=O)NC1CCCC1. The largest absolute Gasteiger partial charge is 0.478 e. The number of carbonyl (C=O) groups is 2. The molecule has 1 unspecified atom stereocenters. The minimum absolute atomic E-state index is 0.00979. The molecule has 1 aromatic rings. The third-order valence-corrected chi connectivity index (χ3v) is 4.38. The van der Waals surface area contributed by atoms with Crippen LogP contribution in [-0.4, -0.2) is 33.3 Å². The van der Waals surface area contributed by atoms with Gasteiger partial charge in [-0.2, -0.15) is 0 Å². The topological polar surface area (TPSA) is 79.3 Å². The van der Waals surface area contributed by atoms with Crippen molar-refractivity contribution in [1.29, 1.82) is 0 Å². The third-order valence-electron chi connectivity index (χ3n) is 3.35. The van der Waals surface area contributed by atoms with Gasteiger partial charge in [0.05, 0.1) is 15.8 Å². The van der Waals surface area contributed by atoms with Crippen molar-refractivity contribution in [2.45, 2.75) is 48.9 Å². The van der Waals surface area contributed by atoms with Crippen LogP contribution < -0.4 is 5.32 Å². The first kappa shape index (κ1) is 14.8. The van der Waals surface area contributed by atoms with Crippen molar-refractivity contribution in [1.82, 2.24) is 10.3 Å². The number of aromatic nitrogens is 1. The molecule has 1 saturated carbocycles. The molecule has 0 aliphatic heterocycles. The van der Waals surface area contributed by atoms with E-state index in [4.69, 9.17) is 5.11 Å². The van der Waals surface area contributed by atoms with Crippen molar-refractivity contribution in [3.05, 3.63) is 23.9 Å². The molecular weight excluding hydrogens is 276 g/mol. The zero-order chi connectivity index (χ0) is 14.5. The van der Waals surface area contributed by atoms with E-state index in [1.807, 2.05) is 6.92 Å². The molecule has 1 amide bonds. The van der Waals surface area contributed by atoms with Gasteiger partial charge in [0.15, 0.2) is 0 Å². The van der Waals surface area contributed by atoms with E-state index in [9.17, 15) is 9.59 Å². The van der Waals surface area contributed by atoms with E-state index in [0.717, 1.165) is 12.8 Å². The lowest BCUT2D eigenvalue weighted by molar-refractivity contribution is -0.120. The average molecular weight is 294 g/mol. The molecule has 1 aliphatic carbocycles. The van der Waals surface area contributed by atoms with Crippen LogP contribution in [0.4, 0.5) is 0 Å². The molecule has 1 aliphatic rings. The van der Waals surface area contributed by atoms with Gasteiger partial charge in [-0.05, 0) is 31.9 Å². The van der Waals surface area contributed by atoms with Crippen LogP contribution in [0.5, 0.6) is 0 Å². The van der Waals surface area contributed by atoms with Crippen LogP contribution in [0.15, 0.2) is 23.4 Å².